The second-order valence-electron chi connectivity index (χ2n) is 7.70. The molecular weight excluding hydrogens is 416 g/mol. The fourth-order valence-corrected chi connectivity index (χ4v) is 6.73. The lowest BCUT2D eigenvalue weighted by molar-refractivity contribution is 0.677. The molecule has 3 heterocycles. The second kappa shape index (κ2) is 6.55. The van der Waals surface area contributed by atoms with Crippen molar-refractivity contribution in [1.29, 1.82) is 0 Å². The maximum Gasteiger partial charge on any atom is 0.144 e. The van der Waals surface area contributed by atoms with E-state index in [2.05, 4.69) is 97.1 Å². The topological polar surface area (TPSA) is 13.1 Å². The lowest BCUT2D eigenvalue weighted by Gasteiger charge is -1.96. The highest BCUT2D eigenvalue weighted by molar-refractivity contribution is 7.25. The molecule has 7 aromatic rings. The summed E-state index contributed by atoms with van der Waals surface area (Å²) in [6.07, 6.45) is 0. The third-order valence-electron chi connectivity index (χ3n) is 5.92. The molecule has 0 aliphatic carbocycles. The van der Waals surface area contributed by atoms with E-state index in [0.29, 0.717) is 0 Å². The molecule has 146 valence electrons. The minimum absolute atomic E-state index is 0.967. The Morgan fingerprint density at radius 3 is 1.13 bits per heavy atom. The van der Waals surface area contributed by atoms with Gasteiger partial charge in [0.25, 0.3) is 0 Å². The van der Waals surface area contributed by atoms with Crippen LogP contribution in [0.15, 0.2) is 101 Å². The predicted octanol–water partition coefficient (Wildman–Crippen LogP) is 9.45. The molecule has 0 atom stereocenters. The van der Waals surface area contributed by atoms with E-state index in [4.69, 9.17) is 4.42 Å². The van der Waals surface area contributed by atoms with Crippen molar-refractivity contribution < 1.29 is 4.42 Å². The molecule has 31 heavy (non-hydrogen) atoms. The van der Waals surface area contributed by atoms with Gasteiger partial charge in [0.2, 0.25) is 0 Å². The molecule has 0 spiro atoms. The lowest BCUT2D eigenvalue weighted by atomic mass is 10.0. The van der Waals surface area contributed by atoms with Crippen molar-refractivity contribution in [3.05, 3.63) is 97.1 Å². The van der Waals surface area contributed by atoms with Crippen molar-refractivity contribution in [2.75, 3.05) is 0 Å². The molecule has 3 heteroatoms. The normalized spacial score (nSPS) is 11.9. The third kappa shape index (κ3) is 2.48. The van der Waals surface area contributed by atoms with Gasteiger partial charge in [0.1, 0.15) is 11.2 Å². The van der Waals surface area contributed by atoms with Gasteiger partial charge in [-0.05, 0) is 36.4 Å². The molecule has 0 amide bonds. The molecule has 7 rings (SSSR count). The molecule has 0 fully saturated rings. The molecule has 0 N–H and O–H groups in total. The van der Waals surface area contributed by atoms with Crippen LogP contribution in [0.25, 0.3) is 62.3 Å². The highest BCUT2D eigenvalue weighted by Crippen LogP contribution is 2.44. The first-order valence-electron chi connectivity index (χ1n) is 10.3. The maximum absolute atomic E-state index is 6.83. The summed E-state index contributed by atoms with van der Waals surface area (Å²) in [6.45, 7) is 0. The van der Waals surface area contributed by atoms with E-state index in [-0.39, 0.29) is 0 Å². The lowest BCUT2D eigenvalue weighted by Crippen LogP contribution is -1.70. The number of fused-ring (bicyclic) bond motifs is 11. The summed E-state index contributed by atoms with van der Waals surface area (Å²) in [5.41, 5.74) is 1.93. The van der Waals surface area contributed by atoms with Gasteiger partial charge in [0, 0.05) is 51.1 Å². The number of hydrogen-bond acceptors (Lipinski definition) is 3. The minimum atomic E-state index is 0.967. The molecule has 0 aliphatic heterocycles. The first kappa shape index (κ1) is 17.3. The van der Waals surface area contributed by atoms with Crippen LogP contribution in [0.3, 0.4) is 0 Å². The fourth-order valence-electron chi connectivity index (χ4n) is 4.57. The quantitative estimate of drug-likeness (QED) is 0.233. The third-order valence-corrected chi connectivity index (χ3v) is 8.23. The van der Waals surface area contributed by atoms with Crippen LogP contribution in [0, 0.1) is 0 Å². The van der Waals surface area contributed by atoms with Crippen molar-refractivity contribution in [3.63, 3.8) is 0 Å². The summed E-state index contributed by atoms with van der Waals surface area (Å²) in [5.74, 6) is 0. The van der Waals surface area contributed by atoms with Crippen LogP contribution < -0.4 is 0 Å². The average Bonchev–Trinajstić information content (AvgIpc) is 3.06. The van der Waals surface area contributed by atoms with Crippen molar-refractivity contribution in [1.82, 2.24) is 0 Å². The average molecular weight is 433 g/mol. The molecular formula is C28H16OS2. The second-order valence-corrected chi connectivity index (χ2v) is 9.87. The Labute approximate surface area is 186 Å². The molecule has 0 radical (unpaired) electrons. The zero-order chi connectivity index (χ0) is 20.4. The van der Waals surface area contributed by atoms with Gasteiger partial charge in [-0.1, -0.05) is 60.7 Å². The van der Waals surface area contributed by atoms with Gasteiger partial charge < -0.3 is 4.42 Å². The van der Waals surface area contributed by atoms with Gasteiger partial charge in [0.15, 0.2) is 0 Å². The fraction of sp³-hybridized carbons (Fsp3) is 0. The summed E-state index contributed by atoms with van der Waals surface area (Å²) in [7, 11) is 0. The largest absolute Gasteiger partial charge is 0.455 e. The van der Waals surface area contributed by atoms with E-state index in [1.165, 1.54) is 40.3 Å². The van der Waals surface area contributed by atoms with Crippen LogP contribution in [0.1, 0.15) is 0 Å². The molecule has 0 unspecified atom stereocenters. The Kier molecular flexibility index (Phi) is 3.65. The van der Waals surface area contributed by atoms with Gasteiger partial charge >= 0.3 is 0 Å². The smallest absolute Gasteiger partial charge is 0.144 e. The Bertz CT molecular complexity index is 1710. The standard InChI is InChI=1S/C28H16OS2/c1-5-13-21-17(9-1)25-26-18-10-2-6-14-22(18)31-24-16-8-4-12-20(24)28(26)29-27(25)19-11-3-7-15-23(19)30-21/h1-16H. The van der Waals surface area contributed by atoms with Gasteiger partial charge in [-0.25, -0.2) is 0 Å². The van der Waals surface area contributed by atoms with Crippen LogP contribution in [0.5, 0.6) is 0 Å². The first-order chi connectivity index (χ1) is 15.4. The maximum atomic E-state index is 6.83. The van der Waals surface area contributed by atoms with Crippen molar-refractivity contribution in [2.45, 2.75) is 0 Å². The highest BCUT2D eigenvalue weighted by atomic mass is 32.1. The van der Waals surface area contributed by atoms with E-state index >= 15 is 0 Å². The summed E-state index contributed by atoms with van der Waals surface area (Å²) < 4.78 is 11.8. The van der Waals surface area contributed by atoms with E-state index in [1.807, 2.05) is 22.7 Å². The van der Waals surface area contributed by atoms with Crippen molar-refractivity contribution >= 4 is 85.0 Å². The Morgan fingerprint density at radius 1 is 0.387 bits per heavy atom. The summed E-state index contributed by atoms with van der Waals surface area (Å²) >= 11 is 3.64. The zero-order valence-electron chi connectivity index (χ0n) is 16.5. The molecule has 0 saturated heterocycles. The predicted molar refractivity (Wildman–Crippen MR) is 137 cm³/mol. The first-order valence-corrected chi connectivity index (χ1v) is 11.9. The Morgan fingerprint density at radius 2 is 0.710 bits per heavy atom. The van der Waals surface area contributed by atoms with Crippen LogP contribution in [-0.2, 0) is 0 Å². The zero-order valence-corrected chi connectivity index (χ0v) is 18.1. The molecule has 4 aromatic carbocycles. The number of furan rings is 1. The number of rotatable bonds is 0. The summed E-state index contributed by atoms with van der Waals surface area (Å²) in [4.78, 5) is 0. The molecule has 3 aromatic heterocycles. The number of hydrogen-bond donors (Lipinski definition) is 0. The van der Waals surface area contributed by atoms with Crippen LogP contribution in [0.2, 0.25) is 0 Å². The van der Waals surface area contributed by atoms with Gasteiger partial charge in [0.05, 0.1) is 0 Å². The molecule has 0 bridgehead atoms. The van der Waals surface area contributed by atoms with Crippen LogP contribution in [-0.4, -0.2) is 0 Å². The summed E-state index contributed by atoms with van der Waals surface area (Å²) in [5, 5.41) is 7.20. The van der Waals surface area contributed by atoms with Crippen LogP contribution in [0.4, 0.5) is 0 Å². The van der Waals surface area contributed by atoms with E-state index < -0.39 is 0 Å². The van der Waals surface area contributed by atoms with E-state index in [1.54, 1.807) is 0 Å². The highest BCUT2D eigenvalue weighted by Gasteiger charge is 2.17. The van der Waals surface area contributed by atoms with Gasteiger partial charge in [-0.2, -0.15) is 0 Å². The SMILES string of the molecule is c1ccc2c(c1)sc1ccccc1c1c2oc2c3ccccc3sc3ccccc3c21. The Hall–Kier alpha value is -3.40. The van der Waals surface area contributed by atoms with E-state index in [9.17, 15) is 0 Å². The van der Waals surface area contributed by atoms with Crippen molar-refractivity contribution in [3.8, 4) is 0 Å². The van der Waals surface area contributed by atoms with E-state index in [0.717, 1.165) is 21.9 Å². The molecule has 0 aliphatic rings. The monoisotopic (exact) mass is 432 g/mol. The number of benzene rings is 4. The van der Waals surface area contributed by atoms with Gasteiger partial charge in [-0.3, -0.25) is 0 Å². The molecule has 1 nitrogen and oxygen atoms in total. The van der Waals surface area contributed by atoms with Crippen molar-refractivity contribution in [2.24, 2.45) is 0 Å². The minimum Gasteiger partial charge on any atom is -0.455 e. The van der Waals surface area contributed by atoms with Gasteiger partial charge in [-0.15, -0.1) is 22.7 Å². The summed E-state index contributed by atoms with van der Waals surface area (Å²) in [6, 6.07) is 34.6. The molecule has 0 saturated carbocycles. The van der Waals surface area contributed by atoms with Crippen LogP contribution >= 0.6 is 22.7 Å². The Balaban J connectivity index is 1.96.